The third-order valence-corrected chi connectivity index (χ3v) is 4.07. The van der Waals surface area contributed by atoms with Gasteiger partial charge in [-0.2, -0.15) is 0 Å². The van der Waals surface area contributed by atoms with Gasteiger partial charge < -0.3 is 15.0 Å². The van der Waals surface area contributed by atoms with E-state index in [0.29, 0.717) is 6.04 Å². The fourth-order valence-electron chi connectivity index (χ4n) is 2.74. The highest BCUT2D eigenvalue weighted by molar-refractivity contribution is 5.67. The predicted octanol–water partition coefficient (Wildman–Crippen LogP) is 3.80. The first-order valence-electron chi connectivity index (χ1n) is 8.45. The van der Waals surface area contributed by atoms with Crippen molar-refractivity contribution >= 4 is 6.09 Å². The number of nitrogens with zero attached hydrogens (tertiary/aromatic N) is 1. The number of carbonyl (C=O) groups excluding carboxylic acids is 1. The average molecular weight is 298 g/mol. The van der Waals surface area contributed by atoms with Crippen LogP contribution in [-0.2, 0) is 4.74 Å². The fourth-order valence-corrected chi connectivity index (χ4v) is 2.74. The number of carbonyl (C=O) groups is 1. The first kappa shape index (κ1) is 18.3. The Balaban J connectivity index is 2.14. The van der Waals surface area contributed by atoms with Crippen LogP contribution < -0.4 is 5.32 Å². The van der Waals surface area contributed by atoms with Crippen LogP contribution >= 0.6 is 0 Å². The van der Waals surface area contributed by atoms with E-state index in [9.17, 15) is 4.79 Å². The quantitative estimate of drug-likeness (QED) is 0.620. The standard InChI is InChI=1S/C17H34N2O2/c1-14-8-6-9-15(11-10-14)18-12-7-13-19(5)16(20)21-17(2,3)4/h14-15,18H,6-13H2,1-5H3. The molecule has 0 aromatic heterocycles. The smallest absolute Gasteiger partial charge is 0.410 e. The van der Waals surface area contributed by atoms with Crippen molar-refractivity contribution in [2.75, 3.05) is 20.1 Å². The molecule has 124 valence electrons. The van der Waals surface area contributed by atoms with Gasteiger partial charge in [0.2, 0.25) is 0 Å². The highest BCUT2D eigenvalue weighted by Gasteiger charge is 2.19. The molecule has 1 N–H and O–H groups in total. The van der Waals surface area contributed by atoms with Crippen LogP contribution in [0.2, 0.25) is 0 Å². The number of hydrogen-bond donors (Lipinski definition) is 1. The monoisotopic (exact) mass is 298 g/mol. The summed E-state index contributed by atoms with van der Waals surface area (Å²) in [5, 5.41) is 3.65. The molecule has 1 aliphatic carbocycles. The minimum atomic E-state index is -0.416. The molecule has 0 heterocycles. The van der Waals surface area contributed by atoms with E-state index in [2.05, 4.69) is 12.2 Å². The Kier molecular flexibility index (Phi) is 7.50. The molecule has 4 heteroatoms. The summed E-state index contributed by atoms with van der Waals surface area (Å²) in [6.45, 7) is 9.77. The molecule has 0 spiro atoms. The van der Waals surface area contributed by atoms with Crippen LogP contribution in [-0.4, -0.2) is 42.8 Å². The van der Waals surface area contributed by atoms with E-state index in [-0.39, 0.29) is 6.09 Å². The predicted molar refractivity (Wildman–Crippen MR) is 87.5 cm³/mol. The van der Waals surface area contributed by atoms with Crippen LogP contribution in [0.15, 0.2) is 0 Å². The Labute approximate surface area is 130 Å². The van der Waals surface area contributed by atoms with Crippen molar-refractivity contribution in [2.45, 2.75) is 77.9 Å². The zero-order valence-corrected chi connectivity index (χ0v) is 14.6. The normalized spacial score (nSPS) is 23.5. The van der Waals surface area contributed by atoms with Gasteiger partial charge in [-0.3, -0.25) is 0 Å². The molecule has 1 amide bonds. The lowest BCUT2D eigenvalue weighted by Gasteiger charge is -2.25. The van der Waals surface area contributed by atoms with Crippen molar-refractivity contribution in [3.63, 3.8) is 0 Å². The van der Waals surface area contributed by atoms with E-state index < -0.39 is 5.60 Å². The molecule has 1 fully saturated rings. The summed E-state index contributed by atoms with van der Waals surface area (Å²) in [7, 11) is 1.81. The van der Waals surface area contributed by atoms with Gasteiger partial charge in [0.1, 0.15) is 5.60 Å². The van der Waals surface area contributed by atoms with Gasteiger partial charge in [0.05, 0.1) is 0 Å². The van der Waals surface area contributed by atoms with Crippen molar-refractivity contribution in [1.29, 1.82) is 0 Å². The van der Waals surface area contributed by atoms with Gasteiger partial charge in [0.25, 0.3) is 0 Å². The summed E-state index contributed by atoms with van der Waals surface area (Å²) in [5.41, 5.74) is -0.416. The van der Waals surface area contributed by atoms with Crippen LogP contribution in [0.5, 0.6) is 0 Å². The van der Waals surface area contributed by atoms with Gasteiger partial charge in [-0.25, -0.2) is 4.79 Å². The molecular weight excluding hydrogens is 264 g/mol. The molecule has 0 aliphatic heterocycles. The van der Waals surface area contributed by atoms with Gasteiger partial charge in [0.15, 0.2) is 0 Å². The molecule has 2 atom stereocenters. The summed E-state index contributed by atoms with van der Waals surface area (Å²) >= 11 is 0. The van der Waals surface area contributed by atoms with E-state index in [4.69, 9.17) is 4.74 Å². The van der Waals surface area contributed by atoms with Crippen LogP contribution in [0.1, 0.15) is 66.2 Å². The Morgan fingerprint density at radius 2 is 1.95 bits per heavy atom. The third kappa shape index (κ3) is 8.30. The van der Waals surface area contributed by atoms with Gasteiger partial charge in [-0.1, -0.05) is 19.8 Å². The van der Waals surface area contributed by atoms with Gasteiger partial charge in [0, 0.05) is 19.6 Å². The maximum absolute atomic E-state index is 11.8. The van der Waals surface area contributed by atoms with Crippen LogP contribution in [0.4, 0.5) is 4.79 Å². The molecule has 1 aliphatic rings. The molecular formula is C17H34N2O2. The largest absolute Gasteiger partial charge is 0.444 e. The molecule has 1 rings (SSSR count). The van der Waals surface area contributed by atoms with Gasteiger partial charge in [-0.15, -0.1) is 0 Å². The highest BCUT2D eigenvalue weighted by Crippen LogP contribution is 2.22. The Hall–Kier alpha value is -0.770. The SMILES string of the molecule is CC1CCCC(NCCCN(C)C(=O)OC(C)(C)C)CC1. The van der Waals surface area contributed by atoms with E-state index in [1.165, 1.54) is 32.1 Å². The third-order valence-electron chi connectivity index (χ3n) is 4.07. The zero-order chi connectivity index (χ0) is 15.9. The van der Waals surface area contributed by atoms with Gasteiger partial charge >= 0.3 is 6.09 Å². The molecule has 1 saturated carbocycles. The average Bonchev–Trinajstić information content (AvgIpc) is 2.57. The molecule has 0 aromatic carbocycles. The number of rotatable bonds is 5. The lowest BCUT2D eigenvalue weighted by atomic mass is 10.0. The highest BCUT2D eigenvalue weighted by atomic mass is 16.6. The van der Waals surface area contributed by atoms with Crippen molar-refractivity contribution in [2.24, 2.45) is 5.92 Å². The maximum Gasteiger partial charge on any atom is 0.410 e. The molecule has 0 saturated heterocycles. The Morgan fingerprint density at radius 3 is 2.62 bits per heavy atom. The number of nitrogens with one attached hydrogen (secondary N) is 1. The van der Waals surface area contributed by atoms with Crippen molar-refractivity contribution in [1.82, 2.24) is 10.2 Å². The second kappa shape index (κ2) is 8.62. The zero-order valence-electron chi connectivity index (χ0n) is 14.6. The van der Waals surface area contributed by atoms with Crippen molar-refractivity contribution < 1.29 is 9.53 Å². The number of hydrogen-bond acceptors (Lipinski definition) is 3. The summed E-state index contributed by atoms with van der Waals surface area (Å²) in [4.78, 5) is 13.5. The van der Waals surface area contributed by atoms with Crippen molar-refractivity contribution in [3.8, 4) is 0 Å². The lowest BCUT2D eigenvalue weighted by molar-refractivity contribution is 0.0297. The summed E-state index contributed by atoms with van der Waals surface area (Å²) in [5.74, 6) is 0.884. The van der Waals surface area contributed by atoms with Crippen LogP contribution in [0.3, 0.4) is 0 Å². The first-order valence-corrected chi connectivity index (χ1v) is 8.45. The molecule has 4 nitrogen and oxygen atoms in total. The van der Waals surface area contributed by atoms with Gasteiger partial charge in [-0.05, 0) is 58.9 Å². The fraction of sp³-hybridized carbons (Fsp3) is 0.941. The second-order valence-corrected chi connectivity index (χ2v) is 7.52. The summed E-state index contributed by atoms with van der Waals surface area (Å²) < 4.78 is 5.34. The molecule has 0 radical (unpaired) electrons. The first-order chi connectivity index (χ1) is 9.78. The molecule has 0 aromatic rings. The van der Waals surface area contributed by atoms with E-state index in [0.717, 1.165) is 25.4 Å². The Morgan fingerprint density at radius 1 is 1.24 bits per heavy atom. The van der Waals surface area contributed by atoms with Crippen LogP contribution in [0, 0.1) is 5.92 Å². The summed E-state index contributed by atoms with van der Waals surface area (Å²) in [6.07, 6.45) is 7.40. The summed E-state index contributed by atoms with van der Waals surface area (Å²) in [6, 6.07) is 0.668. The number of amides is 1. The minimum absolute atomic E-state index is 0.231. The maximum atomic E-state index is 11.8. The number of ether oxygens (including phenoxy) is 1. The topological polar surface area (TPSA) is 41.6 Å². The molecule has 21 heavy (non-hydrogen) atoms. The molecule has 2 unspecified atom stereocenters. The minimum Gasteiger partial charge on any atom is -0.444 e. The van der Waals surface area contributed by atoms with Crippen LogP contribution in [0.25, 0.3) is 0 Å². The van der Waals surface area contributed by atoms with Crippen molar-refractivity contribution in [3.05, 3.63) is 0 Å². The second-order valence-electron chi connectivity index (χ2n) is 7.52. The van der Waals surface area contributed by atoms with E-state index in [1.807, 2.05) is 20.8 Å². The molecule has 0 bridgehead atoms. The lowest BCUT2D eigenvalue weighted by Crippen LogP contribution is -2.36. The Bertz CT molecular complexity index is 312. The van der Waals surface area contributed by atoms with E-state index >= 15 is 0 Å². The van der Waals surface area contributed by atoms with E-state index in [1.54, 1.807) is 11.9 Å².